The molecule has 6 heteroatoms. The van der Waals surface area contributed by atoms with E-state index in [1.54, 1.807) is 0 Å². The molecule has 2 heterocycles. The number of benzene rings is 2. The number of fused-ring (bicyclic) bond motifs is 1. The van der Waals surface area contributed by atoms with E-state index >= 15 is 0 Å². The summed E-state index contributed by atoms with van der Waals surface area (Å²) in [5, 5.41) is 3.96. The quantitative estimate of drug-likeness (QED) is 0.514. The van der Waals surface area contributed by atoms with Crippen molar-refractivity contribution in [3.05, 3.63) is 60.2 Å². The van der Waals surface area contributed by atoms with Gasteiger partial charge in [-0.3, -0.25) is 9.69 Å². The number of rotatable bonds is 9. The van der Waals surface area contributed by atoms with Crippen molar-refractivity contribution in [2.75, 3.05) is 46.0 Å². The number of para-hydroxylation sites is 1. The Bertz CT molecular complexity index is 1050. The second-order valence-corrected chi connectivity index (χ2v) is 8.01. The highest BCUT2D eigenvalue weighted by molar-refractivity contribution is 6.07. The summed E-state index contributed by atoms with van der Waals surface area (Å²) in [6.07, 6.45) is 1.87. The number of ether oxygens (including phenoxy) is 2. The van der Waals surface area contributed by atoms with Gasteiger partial charge in [0.2, 0.25) is 0 Å². The van der Waals surface area contributed by atoms with Crippen LogP contribution in [0.15, 0.2) is 54.6 Å². The zero-order chi connectivity index (χ0) is 22.2. The van der Waals surface area contributed by atoms with Crippen molar-refractivity contribution in [2.24, 2.45) is 0 Å². The van der Waals surface area contributed by atoms with Crippen LogP contribution in [-0.2, 0) is 4.74 Å². The number of aromatic nitrogens is 1. The SMILES string of the molecule is CCCOc1cccc(-c2cc(C(=O)NCCCN3CCOCC3)c3ccccc3n2)c1. The van der Waals surface area contributed by atoms with Crippen molar-refractivity contribution in [1.29, 1.82) is 0 Å². The van der Waals surface area contributed by atoms with Gasteiger partial charge in [-0.15, -0.1) is 0 Å². The molecule has 0 atom stereocenters. The van der Waals surface area contributed by atoms with Crippen molar-refractivity contribution in [1.82, 2.24) is 15.2 Å². The number of nitrogens with one attached hydrogen (secondary N) is 1. The summed E-state index contributed by atoms with van der Waals surface area (Å²) in [6, 6.07) is 17.6. The first-order chi connectivity index (χ1) is 15.7. The number of pyridine rings is 1. The Hall–Kier alpha value is -2.96. The van der Waals surface area contributed by atoms with Gasteiger partial charge < -0.3 is 14.8 Å². The molecule has 2 aromatic carbocycles. The normalized spacial score (nSPS) is 14.4. The molecule has 1 amide bonds. The molecule has 1 aliphatic rings. The Balaban J connectivity index is 1.51. The minimum absolute atomic E-state index is 0.0646. The fourth-order valence-corrected chi connectivity index (χ4v) is 3.90. The lowest BCUT2D eigenvalue weighted by Gasteiger charge is -2.26. The van der Waals surface area contributed by atoms with Crippen LogP contribution in [0.3, 0.4) is 0 Å². The zero-order valence-corrected chi connectivity index (χ0v) is 18.7. The van der Waals surface area contributed by atoms with Gasteiger partial charge in [0.15, 0.2) is 0 Å². The fourth-order valence-electron chi connectivity index (χ4n) is 3.90. The fraction of sp³-hybridized carbons (Fsp3) is 0.385. The van der Waals surface area contributed by atoms with Crippen LogP contribution in [0.25, 0.3) is 22.2 Å². The van der Waals surface area contributed by atoms with Gasteiger partial charge in [0.1, 0.15) is 5.75 Å². The lowest BCUT2D eigenvalue weighted by atomic mass is 10.0. The molecular formula is C26H31N3O3. The van der Waals surface area contributed by atoms with Gasteiger partial charge in [-0.05, 0) is 43.7 Å². The van der Waals surface area contributed by atoms with E-state index in [1.807, 2.05) is 54.6 Å². The van der Waals surface area contributed by atoms with Crippen molar-refractivity contribution in [2.45, 2.75) is 19.8 Å². The molecule has 1 saturated heterocycles. The molecule has 1 aliphatic heterocycles. The summed E-state index contributed by atoms with van der Waals surface area (Å²) >= 11 is 0. The maximum absolute atomic E-state index is 13.1. The Morgan fingerprint density at radius 2 is 1.97 bits per heavy atom. The van der Waals surface area contributed by atoms with Crippen LogP contribution in [0, 0.1) is 0 Å². The maximum Gasteiger partial charge on any atom is 0.252 e. The molecule has 0 saturated carbocycles. The number of carbonyl (C=O) groups excluding carboxylic acids is 1. The van der Waals surface area contributed by atoms with Crippen molar-refractivity contribution >= 4 is 16.8 Å². The largest absolute Gasteiger partial charge is 0.494 e. The standard InChI is InChI=1S/C26H31N3O3/c1-2-15-32-21-8-5-7-20(18-21)25-19-23(22-9-3-4-10-24(22)28-25)26(30)27-11-6-12-29-13-16-31-17-14-29/h3-5,7-10,18-19H,2,6,11-17H2,1H3,(H,27,30). The number of hydrogen-bond acceptors (Lipinski definition) is 5. The van der Waals surface area contributed by atoms with Crippen molar-refractivity contribution < 1.29 is 14.3 Å². The molecule has 1 aromatic heterocycles. The van der Waals surface area contributed by atoms with Crippen LogP contribution in [-0.4, -0.2) is 61.8 Å². The molecule has 168 valence electrons. The molecule has 1 N–H and O–H groups in total. The lowest BCUT2D eigenvalue weighted by molar-refractivity contribution is 0.0374. The van der Waals surface area contributed by atoms with Crippen LogP contribution < -0.4 is 10.1 Å². The second kappa shape index (κ2) is 11.1. The first kappa shape index (κ1) is 22.2. The second-order valence-electron chi connectivity index (χ2n) is 8.01. The van der Waals surface area contributed by atoms with E-state index in [2.05, 4.69) is 17.1 Å². The molecule has 32 heavy (non-hydrogen) atoms. The average Bonchev–Trinajstić information content (AvgIpc) is 2.85. The highest BCUT2D eigenvalue weighted by atomic mass is 16.5. The van der Waals surface area contributed by atoms with Gasteiger partial charge >= 0.3 is 0 Å². The summed E-state index contributed by atoms with van der Waals surface area (Å²) in [6.45, 7) is 7.89. The van der Waals surface area contributed by atoms with Gasteiger partial charge in [-0.2, -0.15) is 0 Å². The zero-order valence-electron chi connectivity index (χ0n) is 18.7. The molecule has 0 spiro atoms. The predicted octanol–water partition coefficient (Wildman–Crippen LogP) is 4.14. The minimum atomic E-state index is -0.0646. The monoisotopic (exact) mass is 433 g/mol. The molecule has 3 aromatic rings. The Kier molecular flexibility index (Phi) is 7.69. The highest BCUT2D eigenvalue weighted by Gasteiger charge is 2.15. The Morgan fingerprint density at radius 1 is 1.12 bits per heavy atom. The van der Waals surface area contributed by atoms with E-state index in [-0.39, 0.29) is 5.91 Å². The van der Waals surface area contributed by atoms with E-state index in [1.165, 1.54) is 0 Å². The predicted molar refractivity (Wildman–Crippen MR) is 127 cm³/mol. The van der Waals surface area contributed by atoms with E-state index in [9.17, 15) is 4.79 Å². The summed E-state index contributed by atoms with van der Waals surface area (Å²) in [7, 11) is 0. The van der Waals surface area contributed by atoms with Crippen LogP contribution in [0.4, 0.5) is 0 Å². The molecule has 4 rings (SSSR count). The smallest absolute Gasteiger partial charge is 0.252 e. The van der Waals surface area contributed by atoms with Gasteiger partial charge in [0.25, 0.3) is 5.91 Å². The molecule has 0 bridgehead atoms. The molecule has 1 fully saturated rings. The third-order valence-electron chi connectivity index (χ3n) is 5.60. The average molecular weight is 434 g/mol. The van der Waals surface area contributed by atoms with Crippen LogP contribution >= 0.6 is 0 Å². The van der Waals surface area contributed by atoms with Crippen LogP contribution in [0.2, 0.25) is 0 Å². The Labute approximate surface area is 189 Å². The van der Waals surface area contributed by atoms with Crippen LogP contribution in [0.1, 0.15) is 30.1 Å². The number of hydrogen-bond donors (Lipinski definition) is 1. The van der Waals surface area contributed by atoms with Gasteiger partial charge in [0.05, 0.1) is 36.6 Å². The molecule has 6 nitrogen and oxygen atoms in total. The van der Waals surface area contributed by atoms with Gasteiger partial charge in [-0.25, -0.2) is 4.98 Å². The van der Waals surface area contributed by atoms with E-state index in [4.69, 9.17) is 14.5 Å². The third kappa shape index (κ3) is 5.64. The Morgan fingerprint density at radius 3 is 2.81 bits per heavy atom. The first-order valence-electron chi connectivity index (χ1n) is 11.5. The summed E-state index contributed by atoms with van der Waals surface area (Å²) in [5.74, 6) is 0.749. The van der Waals surface area contributed by atoms with Gasteiger partial charge in [-0.1, -0.05) is 37.3 Å². The molecule has 0 radical (unpaired) electrons. The van der Waals surface area contributed by atoms with E-state index in [0.29, 0.717) is 18.7 Å². The third-order valence-corrected chi connectivity index (χ3v) is 5.60. The van der Waals surface area contributed by atoms with Crippen molar-refractivity contribution in [3.63, 3.8) is 0 Å². The summed E-state index contributed by atoms with van der Waals surface area (Å²) in [5.41, 5.74) is 3.16. The number of carbonyl (C=O) groups is 1. The van der Waals surface area contributed by atoms with E-state index < -0.39 is 0 Å². The summed E-state index contributed by atoms with van der Waals surface area (Å²) in [4.78, 5) is 20.3. The maximum atomic E-state index is 13.1. The van der Waals surface area contributed by atoms with Crippen LogP contribution in [0.5, 0.6) is 5.75 Å². The first-order valence-corrected chi connectivity index (χ1v) is 11.5. The lowest BCUT2D eigenvalue weighted by Crippen LogP contribution is -2.38. The molecule has 0 unspecified atom stereocenters. The highest BCUT2D eigenvalue weighted by Crippen LogP contribution is 2.27. The van der Waals surface area contributed by atoms with Crippen molar-refractivity contribution in [3.8, 4) is 17.0 Å². The number of morpholine rings is 1. The van der Waals surface area contributed by atoms with Gasteiger partial charge in [0, 0.05) is 30.6 Å². The number of amides is 1. The molecular weight excluding hydrogens is 402 g/mol. The number of nitrogens with zero attached hydrogens (tertiary/aromatic N) is 2. The van der Waals surface area contributed by atoms with E-state index in [0.717, 1.165) is 73.6 Å². The molecule has 0 aliphatic carbocycles. The summed E-state index contributed by atoms with van der Waals surface area (Å²) < 4.78 is 11.2. The topological polar surface area (TPSA) is 63.7 Å². The minimum Gasteiger partial charge on any atom is -0.494 e.